The number of fused-ring (bicyclic) bond motifs is 1. The Bertz CT molecular complexity index is 1490. The first-order valence-corrected chi connectivity index (χ1v) is 12.4. The molecule has 5 aromatic rings. The number of ether oxygens (including phenoxy) is 1. The first kappa shape index (κ1) is 24.3. The van der Waals surface area contributed by atoms with Crippen LogP contribution in [0.4, 0.5) is 0 Å². The van der Waals surface area contributed by atoms with Crippen LogP contribution in [0.3, 0.4) is 0 Å². The minimum atomic E-state index is -0.377. The van der Waals surface area contributed by atoms with Gasteiger partial charge in [0.15, 0.2) is 0 Å². The summed E-state index contributed by atoms with van der Waals surface area (Å²) < 4.78 is 13.0. The smallest absolute Gasteiger partial charge is 0.257 e. The van der Waals surface area contributed by atoms with Crippen molar-refractivity contribution in [1.82, 2.24) is 20.0 Å². The lowest BCUT2D eigenvalue weighted by molar-refractivity contribution is 0.0932. The Labute approximate surface area is 216 Å². The third-order valence-corrected chi connectivity index (χ3v) is 6.61. The number of amides is 1. The molecule has 2 heterocycles. The second-order valence-electron chi connectivity index (χ2n) is 9.13. The summed E-state index contributed by atoms with van der Waals surface area (Å²) in [6.45, 7) is 4.23. The Morgan fingerprint density at radius 1 is 1.00 bits per heavy atom. The lowest BCUT2D eigenvalue weighted by Crippen LogP contribution is -2.32. The van der Waals surface area contributed by atoms with Crippen molar-refractivity contribution in [2.75, 3.05) is 7.11 Å². The van der Waals surface area contributed by atoms with Crippen LogP contribution in [0.2, 0.25) is 0 Å². The van der Waals surface area contributed by atoms with E-state index in [4.69, 9.17) is 14.2 Å². The van der Waals surface area contributed by atoms with E-state index in [1.54, 1.807) is 21.0 Å². The topological polar surface area (TPSA) is 82.2 Å². The van der Waals surface area contributed by atoms with Crippen molar-refractivity contribution in [1.29, 1.82) is 0 Å². The number of hydrogen-bond acceptors (Lipinski definition) is 5. The molecule has 5 rings (SSSR count). The summed E-state index contributed by atoms with van der Waals surface area (Å²) in [4.78, 5) is 18.5. The minimum absolute atomic E-state index is 0.226. The highest BCUT2D eigenvalue weighted by Gasteiger charge is 2.26. The summed E-state index contributed by atoms with van der Waals surface area (Å²) in [5.74, 6) is 1.83. The minimum Gasteiger partial charge on any atom is -0.497 e. The van der Waals surface area contributed by atoms with E-state index in [2.05, 4.69) is 39.3 Å². The molecule has 7 nitrogen and oxygen atoms in total. The van der Waals surface area contributed by atoms with Crippen LogP contribution in [0.15, 0.2) is 83.4 Å². The molecule has 0 spiro atoms. The monoisotopic (exact) mass is 494 g/mol. The van der Waals surface area contributed by atoms with Crippen LogP contribution in [0, 0.1) is 13.8 Å². The lowest BCUT2D eigenvalue weighted by atomic mass is 10.0. The fourth-order valence-electron chi connectivity index (χ4n) is 4.73. The van der Waals surface area contributed by atoms with Crippen LogP contribution >= 0.6 is 0 Å². The van der Waals surface area contributed by atoms with Gasteiger partial charge in [-0.05, 0) is 49.9 Å². The van der Waals surface area contributed by atoms with Crippen molar-refractivity contribution in [2.45, 2.75) is 39.3 Å². The predicted octanol–water partition coefficient (Wildman–Crippen LogP) is 5.61. The van der Waals surface area contributed by atoms with Gasteiger partial charge in [-0.1, -0.05) is 65.8 Å². The largest absolute Gasteiger partial charge is 0.497 e. The van der Waals surface area contributed by atoms with E-state index in [0.717, 1.165) is 34.6 Å². The summed E-state index contributed by atoms with van der Waals surface area (Å²) in [5, 5.41) is 7.21. The van der Waals surface area contributed by atoms with Crippen molar-refractivity contribution in [3.05, 3.63) is 113 Å². The number of imidazole rings is 1. The zero-order valence-corrected chi connectivity index (χ0v) is 21.3. The molecule has 7 heteroatoms. The summed E-state index contributed by atoms with van der Waals surface area (Å²) in [7, 11) is 1.66. The molecular weight excluding hydrogens is 464 g/mol. The predicted molar refractivity (Wildman–Crippen MR) is 143 cm³/mol. The van der Waals surface area contributed by atoms with Gasteiger partial charge in [-0.3, -0.25) is 4.79 Å². The molecular formula is C30H30N4O3. The number of hydrogen-bond donors (Lipinski definition) is 1. The maximum Gasteiger partial charge on any atom is 0.257 e. The van der Waals surface area contributed by atoms with Crippen molar-refractivity contribution >= 4 is 16.9 Å². The Morgan fingerprint density at radius 2 is 1.70 bits per heavy atom. The van der Waals surface area contributed by atoms with E-state index in [1.807, 2.05) is 54.6 Å². The normalized spacial score (nSPS) is 12.0. The fraction of sp³-hybridized carbons (Fsp3) is 0.233. The van der Waals surface area contributed by atoms with Gasteiger partial charge in [0.05, 0.1) is 29.9 Å². The SMILES string of the molecule is COc1ccc2nc(C(Cc3ccccc3)NC(=O)c3c(C)noc3C)n(CCc3ccccc3)c2c1. The Morgan fingerprint density at radius 3 is 2.35 bits per heavy atom. The molecule has 0 saturated heterocycles. The van der Waals surface area contributed by atoms with Gasteiger partial charge in [0.2, 0.25) is 0 Å². The molecule has 3 aromatic carbocycles. The number of carbonyl (C=O) groups excluding carboxylic acids is 1. The Balaban J connectivity index is 1.58. The molecule has 37 heavy (non-hydrogen) atoms. The molecule has 1 unspecified atom stereocenters. The third kappa shape index (κ3) is 5.26. The van der Waals surface area contributed by atoms with Gasteiger partial charge >= 0.3 is 0 Å². The third-order valence-electron chi connectivity index (χ3n) is 6.61. The van der Waals surface area contributed by atoms with Crippen molar-refractivity contribution in [3.8, 4) is 5.75 Å². The van der Waals surface area contributed by atoms with Gasteiger partial charge < -0.3 is 19.1 Å². The average Bonchev–Trinajstić information content (AvgIpc) is 3.46. The van der Waals surface area contributed by atoms with Gasteiger partial charge in [0.25, 0.3) is 5.91 Å². The van der Waals surface area contributed by atoms with E-state index >= 15 is 0 Å². The second kappa shape index (κ2) is 10.7. The van der Waals surface area contributed by atoms with Gasteiger partial charge in [-0.15, -0.1) is 0 Å². The number of benzene rings is 3. The number of methoxy groups -OCH3 is 1. The summed E-state index contributed by atoms with van der Waals surface area (Å²) in [5.41, 5.74) is 5.19. The maximum absolute atomic E-state index is 13.5. The highest BCUT2D eigenvalue weighted by atomic mass is 16.5. The Hall–Kier alpha value is -4.39. The van der Waals surface area contributed by atoms with E-state index in [1.165, 1.54) is 5.56 Å². The van der Waals surface area contributed by atoms with Gasteiger partial charge in [0, 0.05) is 12.6 Å². The van der Waals surface area contributed by atoms with E-state index < -0.39 is 0 Å². The summed E-state index contributed by atoms with van der Waals surface area (Å²) in [6, 6.07) is 26.0. The lowest BCUT2D eigenvalue weighted by Gasteiger charge is -2.21. The van der Waals surface area contributed by atoms with Crippen LogP contribution < -0.4 is 10.1 Å². The van der Waals surface area contributed by atoms with Crippen LogP contribution in [0.5, 0.6) is 5.75 Å². The fourth-order valence-corrected chi connectivity index (χ4v) is 4.73. The number of aromatic nitrogens is 3. The molecule has 188 valence electrons. The van der Waals surface area contributed by atoms with Gasteiger partial charge in [0.1, 0.15) is 22.9 Å². The average molecular weight is 495 g/mol. The highest BCUT2D eigenvalue weighted by Crippen LogP contribution is 2.28. The number of nitrogens with one attached hydrogen (secondary N) is 1. The molecule has 1 atom stereocenters. The number of aryl methyl sites for hydroxylation is 4. The van der Waals surface area contributed by atoms with Gasteiger partial charge in [-0.2, -0.15) is 0 Å². The number of carbonyl (C=O) groups is 1. The zero-order valence-electron chi connectivity index (χ0n) is 21.3. The molecule has 0 saturated carbocycles. The van der Waals surface area contributed by atoms with Crippen LogP contribution in [0.1, 0.15) is 44.8 Å². The van der Waals surface area contributed by atoms with Crippen LogP contribution in [-0.2, 0) is 19.4 Å². The number of nitrogens with zero attached hydrogens (tertiary/aromatic N) is 3. The molecule has 1 N–H and O–H groups in total. The van der Waals surface area contributed by atoms with Crippen LogP contribution in [-0.4, -0.2) is 27.7 Å². The molecule has 0 radical (unpaired) electrons. The van der Waals surface area contributed by atoms with E-state index in [0.29, 0.717) is 30.0 Å². The molecule has 1 amide bonds. The molecule has 0 fully saturated rings. The van der Waals surface area contributed by atoms with E-state index in [-0.39, 0.29) is 11.9 Å². The number of rotatable bonds is 9. The Kier molecular flexibility index (Phi) is 7.03. The summed E-state index contributed by atoms with van der Waals surface area (Å²) in [6.07, 6.45) is 1.41. The first-order chi connectivity index (χ1) is 18.0. The summed E-state index contributed by atoms with van der Waals surface area (Å²) >= 11 is 0. The molecule has 0 aliphatic rings. The molecule has 0 aliphatic heterocycles. The van der Waals surface area contributed by atoms with Crippen molar-refractivity contribution in [3.63, 3.8) is 0 Å². The first-order valence-electron chi connectivity index (χ1n) is 12.4. The highest BCUT2D eigenvalue weighted by molar-refractivity contribution is 5.96. The second-order valence-corrected chi connectivity index (χ2v) is 9.13. The van der Waals surface area contributed by atoms with Crippen molar-refractivity contribution in [2.24, 2.45) is 0 Å². The quantitative estimate of drug-likeness (QED) is 0.288. The standard InChI is InChI=1S/C30H30N4O3/c1-20-28(21(2)37-33-20)30(35)32-26(18-23-12-8-5-9-13-23)29-31-25-15-14-24(36-3)19-27(25)34(29)17-16-22-10-6-4-7-11-22/h4-15,19,26H,16-18H2,1-3H3,(H,32,35). The molecule has 0 aliphatic carbocycles. The maximum atomic E-state index is 13.5. The zero-order chi connectivity index (χ0) is 25.8. The molecule has 2 aromatic heterocycles. The van der Waals surface area contributed by atoms with Crippen molar-refractivity contribution < 1.29 is 14.1 Å². The molecule has 0 bridgehead atoms. The van der Waals surface area contributed by atoms with Gasteiger partial charge in [-0.25, -0.2) is 4.98 Å². The van der Waals surface area contributed by atoms with Crippen LogP contribution in [0.25, 0.3) is 11.0 Å². The van der Waals surface area contributed by atoms with E-state index in [9.17, 15) is 4.79 Å².